The summed E-state index contributed by atoms with van der Waals surface area (Å²) in [6, 6.07) is 11.7. The zero-order valence-electron chi connectivity index (χ0n) is 31.3. The number of carbonyl (C=O) groups excluding carboxylic acids is 3. The number of nitrogens with one attached hydrogen (secondary N) is 2. The van der Waals surface area contributed by atoms with Gasteiger partial charge in [-0.25, -0.2) is 9.97 Å². The molecule has 0 aliphatic carbocycles. The summed E-state index contributed by atoms with van der Waals surface area (Å²) in [5, 5.41) is 26.3. The number of amides is 3. The molecule has 1 atom stereocenters. The van der Waals surface area contributed by atoms with Crippen LogP contribution >= 0.6 is 0 Å². The van der Waals surface area contributed by atoms with Crippen LogP contribution in [0, 0.1) is 13.8 Å². The van der Waals surface area contributed by atoms with Crippen LogP contribution in [0.25, 0.3) is 22.1 Å². The molecule has 0 spiro atoms. The van der Waals surface area contributed by atoms with Gasteiger partial charge in [0.05, 0.1) is 39.7 Å². The number of benzene rings is 2. The van der Waals surface area contributed by atoms with E-state index in [1.807, 2.05) is 56.7 Å². The summed E-state index contributed by atoms with van der Waals surface area (Å²) in [5.41, 5.74) is 16.6. The molecule has 6 rings (SSSR count). The van der Waals surface area contributed by atoms with E-state index in [0.717, 1.165) is 5.69 Å². The first-order chi connectivity index (χ1) is 25.8. The van der Waals surface area contributed by atoms with E-state index in [0.29, 0.717) is 101 Å². The maximum atomic E-state index is 13.5. The third kappa shape index (κ3) is 7.61. The largest absolute Gasteiger partial charge is 0.489 e. The molecule has 6 aromatic rings. The Labute approximate surface area is 311 Å². The molecule has 0 aliphatic rings. The number of imidazole rings is 2. The lowest BCUT2D eigenvalue weighted by Crippen LogP contribution is -2.20. The Hall–Kier alpha value is -6.23. The van der Waals surface area contributed by atoms with Crippen LogP contribution < -0.4 is 26.8 Å². The molecule has 2 aromatic carbocycles. The van der Waals surface area contributed by atoms with Gasteiger partial charge >= 0.3 is 0 Å². The van der Waals surface area contributed by atoms with Gasteiger partial charge in [-0.2, -0.15) is 10.2 Å². The minimum Gasteiger partial charge on any atom is -0.489 e. The summed E-state index contributed by atoms with van der Waals surface area (Å²) >= 11 is 0. The van der Waals surface area contributed by atoms with Crippen LogP contribution in [0.2, 0.25) is 0 Å². The summed E-state index contributed by atoms with van der Waals surface area (Å²) in [6.07, 6.45) is -0.147. The summed E-state index contributed by atoms with van der Waals surface area (Å²) in [7, 11) is 0. The van der Waals surface area contributed by atoms with Crippen molar-refractivity contribution < 1.29 is 24.2 Å². The number of rotatable bonds is 16. The van der Waals surface area contributed by atoms with Gasteiger partial charge in [-0.15, -0.1) is 0 Å². The number of ether oxygens (including phenoxy) is 1. The number of carbonyl (C=O) groups is 3. The van der Waals surface area contributed by atoms with E-state index >= 15 is 0 Å². The quantitative estimate of drug-likeness (QED) is 0.0700. The van der Waals surface area contributed by atoms with E-state index < -0.39 is 18.0 Å². The molecule has 0 saturated heterocycles. The summed E-state index contributed by atoms with van der Waals surface area (Å²) in [4.78, 5) is 47.2. The van der Waals surface area contributed by atoms with E-state index in [2.05, 4.69) is 25.8 Å². The molecule has 54 heavy (non-hydrogen) atoms. The number of nitrogens with two attached hydrogens (primary N) is 2. The second-order valence-corrected chi connectivity index (χ2v) is 13.3. The highest BCUT2D eigenvalue weighted by molar-refractivity contribution is 6.03. The Morgan fingerprint density at radius 2 is 1.44 bits per heavy atom. The fraction of sp³-hybridized carbons (Fsp3) is 0.378. The maximum absolute atomic E-state index is 13.5. The van der Waals surface area contributed by atoms with Gasteiger partial charge in [0.2, 0.25) is 23.7 Å². The van der Waals surface area contributed by atoms with Gasteiger partial charge in [0.1, 0.15) is 17.0 Å². The second kappa shape index (κ2) is 15.4. The van der Waals surface area contributed by atoms with Gasteiger partial charge in [0.25, 0.3) is 5.91 Å². The average molecular weight is 739 g/mol. The summed E-state index contributed by atoms with van der Waals surface area (Å²) < 4.78 is 13.3. The number of fused-ring (bicyclic) bond motifs is 2. The molecular formula is C37H46N12O5. The molecule has 3 amide bonds. The van der Waals surface area contributed by atoms with Gasteiger partial charge < -0.3 is 35.8 Å². The highest BCUT2D eigenvalue weighted by atomic mass is 16.5. The topological polar surface area (TPSA) is 228 Å². The normalized spacial score (nSPS) is 12.1. The molecular weight excluding hydrogens is 692 g/mol. The first-order valence-electron chi connectivity index (χ1n) is 17.9. The smallest absolute Gasteiger partial charge is 0.276 e. The van der Waals surface area contributed by atoms with Crippen molar-refractivity contribution in [2.24, 2.45) is 11.5 Å². The number of aromatic nitrogens is 8. The molecule has 17 nitrogen and oxygen atoms in total. The number of aliphatic hydroxyl groups is 1. The van der Waals surface area contributed by atoms with Crippen LogP contribution in [-0.2, 0) is 26.2 Å². The van der Waals surface area contributed by atoms with Crippen molar-refractivity contribution >= 4 is 51.7 Å². The number of nitrogens with zero attached hydrogens (tertiary/aromatic N) is 8. The SMILES string of the molecule is CCn1nc(C)cc1C(=O)Nc1nc2cc(C(N)=O)ccc2n1CCCCn1c(NC(O)c2cc(C)nn2CC)nc2cc(C(N)=O)cc(OC(C)C)c21. The monoisotopic (exact) mass is 738 g/mol. The van der Waals surface area contributed by atoms with E-state index in [9.17, 15) is 19.5 Å². The van der Waals surface area contributed by atoms with E-state index in [1.165, 1.54) is 0 Å². The van der Waals surface area contributed by atoms with Gasteiger partial charge in [0.15, 0.2) is 6.23 Å². The zero-order chi connectivity index (χ0) is 38.8. The zero-order valence-corrected chi connectivity index (χ0v) is 31.3. The Bertz CT molecular complexity index is 2370. The Morgan fingerprint density at radius 1 is 0.815 bits per heavy atom. The molecule has 0 saturated carbocycles. The third-order valence-corrected chi connectivity index (χ3v) is 8.94. The van der Waals surface area contributed by atoms with Crippen LogP contribution in [0.5, 0.6) is 5.75 Å². The first-order valence-corrected chi connectivity index (χ1v) is 17.9. The fourth-order valence-electron chi connectivity index (χ4n) is 6.56. The third-order valence-electron chi connectivity index (χ3n) is 8.94. The van der Waals surface area contributed by atoms with E-state index in [4.69, 9.17) is 21.2 Å². The van der Waals surface area contributed by atoms with Crippen LogP contribution in [-0.4, -0.2) is 67.6 Å². The van der Waals surface area contributed by atoms with Crippen LogP contribution in [0.1, 0.15) is 95.1 Å². The number of hydrogen-bond acceptors (Lipinski definition) is 10. The lowest BCUT2D eigenvalue weighted by Gasteiger charge is -2.18. The molecule has 0 aliphatic heterocycles. The minimum absolute atomic E-state index is 0.221. The van der Waals surface area contributed by atoms with Crippen LogP contribution in [0.4, 0.5) is 11.9 Å². The standard InChI is InChI=1S/C37H46N12O5/c1-7-48-28(15-21(5)44-48)34(52)42-36-40-25-17-23(32(38)50)11-12-27(25)46(36)13-9-10-14-47-31-26(18-24(33(39)51)19-30(31)54-20(3)4)41-37(47)43-35(53)29-16-22(6)45-49(29)8-2/h11-12,15-20,35,53H,7-10,13-14H2,1-6H3,(H2,38,50)(H2,39,51)(H,41,43)(H,40,42,52). The average Bonchev–Trinajstić information content (AvgIpc) is 3.88. The Morgan fingerprint density at radius 3 is 2.11 bits per heavy atom. The van der Waals surface area contributed by atoms with Gasteiger partial charge in [-0.3, -0.25) is 29.1 Å². The van der Waals surface area contributed by atoms with Crippen molar-refractivity contribution in [1.29, 1.82) is 0 Å². The number of aliphatic hydroxyl groups excluding tert-OH is 1. The molecule has 7 N–H and O–H groups in total. The summed E-state index contributed by atoms with van der Waals surface area (Å²) in [6.45, 7) is 13.2. The Kier molecular flexibility index (Phi) is 10.7. The van der Waals surface area contributed by atoms with E-state index in [1.54, 1.807) is 45.8 Å². The predicted molar refractivity (Wildman–Crippen MR) is 203 cm³/mol. The number of anilines is 2. The Balaban J connectivity index is 1.33. The van der Waals surface area contributed by atoms with Gasteiger partial charge in [-0.05, 0) is 96.8 Å². The predicted octanol–water partition coefficient (Wildman–Crippen LogP) is 4.26. The van der Waals surface area contributed by atoms with Crippen molar-refractivity contribution in [3.63, 3.8) is 0 Å². The molecule has 0 fully saturated rings. The summed E-state index contributed by atoms with van der Waals surface area (Å²) in [5.74, 6) is -0.471. The van der Waals surface area contributed by atoms with Crippen molar-refractivity contribution in [3.8, 4) is 5.75 Å². The maximum Gasteiger partial charge on any atom is 0.276 e. The van der Waals surface area contributed by atoms with Crippen molar-refractivity contribution in [1.82, 2.24) is 38.7 Å². The molecule has 0 radical (unpaired) electrons. The molecule has 1 unspecified atom stereocenters. The number of unbranched alkanes of at least 4 members (excludes halogenated alkanes) is 1. The van der Waals surface area contributed by atoms with Crippen LogP contribution in [0.3, 0.4) is 0 Å². The lowest BCUT2D eigenvalue weighted by atomic mass is 10.1. The van der Waals surface area contributed by atoms with Gasteiger partial charge in [0, 0.05) is 37.3 Å². The number of primary amides is 2. The number of aryl methyl sites for hydroxylation is 6. The lowest BCUT2D eigenvalue weighted by molar-refractivity contribution is 0.0991. The molecule has 4 heterocycles. The van der Waals surface area contributed by atoms with Crippen LogP contribution in [0.15, 0.2) is 42.5 Å². The fourth-order valence-corrected chi connectivity index (χ4v) is 6.56. The van der Waals surface area contributed by atoms with Crippen molar-refractivity contribution in [3.05, 3.63) is 76.4 Å². The van der Waals surface area contributed by atoms with E-state index in [-0.39, 0.29) is 17.6 Å². The molecule has 4 aromatic heterocycles. The molecule has 0 bridgehead atoms. The highest BCUT2D eigenvalue weighted by Crippen LogP contribution is 2.33. The van der Waals surface area contributed by atoms with Crippen molar-refractivity contribution in [2.45, 2.75) is 92.9 Å². The molecule has 17 heteroatoms. The first kappa shape index (κ1) is 37.5. The van der Waals surface area contributed by atoms with Gasteiger partial charge in [-0.1, -0.05) is 0 Å². The highest BCUT2D eigenvalue weighted by Gasteiger charge is 2.23. The minimum atomic E-state index is -1.15. The van der Waals surface area contributed by atoms with Crippen molar-refractivity contribution in [2.75, 3.05) is 10.6 Å². The second-order valence-electron chi connectivity index (χ2n) is 13.3. The molecule has 284 valence electrons. The number of hydrogen-bond donors (Lipinski definition) is 5.